The van der Waals surface area contributed by atoms with Crippen LogP contribution < -0.4 is 11.1 Å². The lowest BCUT2D eigenvalue weighted by molar-refractivity contribution is -0.116. The summed E-state index contributed by atoms with van der Waals surface area (Å²) in [6.45, 7) is 0.550. The van der Waals surface area contributed by atoms with Crippen LogP contribution in [0.3, 0.4) is 0 Å². The third-order valence-electron chi connectivity index (χ3n) is 5.68. The molecule has 9 heteroatoms. The number of aromatic nitrogens is 2. The number of rotatable bonds is 1. The minimum Gasteiger partial charge on any atom is -0.364 e. The molecule has 1 spiro atoms. The lowest BCUT2D eigenvalue weighted by Crippen LogP contribution is -2.24. The van der Waals surface area contributed by atoms with Crippen molar-refractivity contribution in [2.45, 2.75) is 57.2 Å². The maximum atomic E-state index is 13.2. The van der Waals surface area contributed by atoms with Gasteiger partial charge in [0.05, 0.1) is 18.0 Å². The number of nitrogens with one attached hydrogen (secondary N) is 1. The molecule has 1 aromatic heterocycles. The summed E-state index contributed by atoms with van der Waals surface area (Å²) >= 11 is 0. The number of nitrogens with two attached hydrogens (primary N) is 1. The zero-order valence-corrected chi connectivity index (χ0v) is 16.3. The fourth-order valence-electron chi connectivity index (χ4n) is 4.24. The number of benzene rings is 1. The molecule has 30 heavy (non-hydrogen) atoms. The molecule has 0 radical (unpaired) electrons. The van der Waals surface area contributed by atoms with Crippen molar-refractivity contribution in [3.8, 4) is 0 Å². The van der Waals surface area contributed by atoms with Crippen molar-refractivity contribution >= 4 is 17.5 Å². The zero-order chi connectivity index (χ0) is 21.3. The Morgan fingerprint density at radius 2 is 1.90 bits per heavy atom. The van der Waals surface area contributed by atoms with E-state index in [0.717, 1.165) is 43.0 Å². The molecule has 1 aliphatic carbocycles. The van der Waals surface area contributed by atoms with Gasteiger partial charge in [-0.1, -0.05) is 12.8 Å². The molecule has 0 bridgehead atoms. The first-order valence-corrected chi connectivity index (χ1v) is 9.96. The molecule has 2 aromatic rings. The summed E-state index contributed by atoms with van der Waals surface area (Å²) in [7, 11) is 0. The number of hydrogen-bond donors (Lipinski definition) is 2. The number of ether oxygens (including phenoxy) is 1. The van der Waals surface area contributed by atoms with Crippen LogP contribution in [0.2, 0.25) is 0 Å². The standard InChI is InChI=1S/C11H13N3O2.C10H9F2NO/c12-9(15)10-13-5-7-6-16-11(8(7)14-10)3-1-2-4-11;11-7-4-6-2-1-3-9(14)13-10(6)8(12)5-7/h5H,1-4,6H2,(H2,12,15);4-5H,1-3H2,(H,13,14). The first kappa shape index (κ1) is 20.3. The minimum absolute atomic E-state index is 0.0931. The molecule has 2 amide bonds. The van der Waals surface area contributed by atoms with Gasteiger partial charge in [0.25, 0.3) is 5.91 Å². The molecule has 7 nitrogen and oxygen atoms in total. The first-order valence-electron chi connectivity index (χ1n) is 9.96. The number of primary amides is 1. The van der Waals surface area contributed by atoms with Gasteiger partial charge in [0.2, 0.25) is 11.7 Å². The van der Waals surface area contributed by atoms with Crippen LogP contribution in [0.4, 0.5) is 14.5 Å². The monoisotopic (exact) mass is 416 g/mol. The maximum absolute atomic E-state index is 13.2. The Hall–Kier alpha value is -2.94. The van der Waals surface area contributed by atoms with Crippen LogP contribution in [0.5, 0.6) is 0 Å². The molecular weight excluding hydrogens is 394 g/mol. The van der Waals surface area contributed by atoms with Crippen LogP contribution in [-0.2, 0) is 28.2 Å². The van der Waals surface area contributed by atoms with Gasteiger partial charge in [-0.25, -0.2) is 18.7 Å². The third kappa shape index (κ3) is 3.89. The topological polar surface area (TPSA) is 107 Å². The number of nitrogens with zero attached hydrogens (tertiary/aromatic N) is 2. The van der Waals surface area contributed by atoms with Crippen LogP contribution in [0.1, 0.15) is 66.0 Å². The van der Waals surface area contributed by atoms with Gasteiger partial charge in [-0.15, -0.1) is 0 Å². The summed E-state index contributed by atoms with van der Waals surface area (Å²) < 4.78 is 31.9. The number of fused-ring (bicyclic) bond motifs is 3. The van der Waals surface area contributed by atoms with Gasteiger partial charge in [0, 0.05) is 24.2 Å². The zero-order valence-electron chi connectivity index (χ0n) is 16.3. The number of amides is 2. The SMILES string of the molecule is NC(=O)c1ncc2c(n1)C1(CCCC1)OC2.O=C1CCCc2cc(F)cc(F)c2N1. The highest BCUT2D eigenvalue weighted by Crippen LogP contribution is 2.46. The summed E-state index contributed by atoms with van der Waals surface area (Å²) in [5, 5.41) is 2.44. The number of halogens is 2. The van der Waals surface area contributed by atoms with Crippen LogP contribution in [-0.4, -0.2) is 21.8 Å². The summed E-state index contributed by atoms with van der Waals surface area (Å²) in [5.41, 5.74) is 7.47. The number of anilines is 1. The van der Waals surface area contributed by atoms with Crippen molar-refractivity contribution in [1.29, 1.82) is 0 Å². The molecule has 1 aromatic carbocycles. The molecule has 0 saturated heterocycles. The second-order valence-corrected chi connectivity index (χ2v) is 7.75. The van der Waals surface area contributed by atoms with Gasteiger partial charge in [-0.3, -0.25) is 9.59 Å². The second-order valence-electron chi connectivity index (χ2n) is 7.75. The van der Waals surface area contributed by atoms with E-state index >= 15 is 0 Å². The highest BCUT2D eigenvalue weighted by Gasteiger charge is 2.44. The predicted molar refractivity (Wildman–Crippen MR) is 103 cm³/mol. The fourth-order valence-corrected chi connectivity index (χ4v) is 4.24. The van der Waals surface area contributed by atoms with Gasteiger partial charge in [0.1, 0.15) is 17.2 Å². The summed E-state index contributed by atoms with van der Waals surface area (Å²) in [5.74, 6) is -2.00. The van der Waals surface area contributed by atoms with E-state index in [1.807, 2.05) is 0 Å². The van der Waals surface area contributed by atoms with Gasteiger partial charge < -0.3 is 15.8 Å². The van der Waals surface area contributed by atoms with Crippen LogP contribution in [0, 0.1) is 11.6 Å². The molecule has 158 valence electrons. The van der Waals surface area contributed by atoms with Crippen molar-refractivity contribution in [3.05, 3.63) is 52.6 Å². The van der Waals surface area contributed by atoms with Gasteiger partial charge in [-0.2, -0.15) is 0 Å². The highest BCUT2D eigenvalue weighted by atomic mass is 19.1. The average molecular weight is 416 g/mol. The van der Waals surface area contributed by atoms with E-state index in [1.54, 1.807) is 6.20 Å². The predicted octanol–water partition coefficient (Wildman–Crippen LogP) is 3.11. The molecule has 3 heterocycles. The smallest absolute Gasteiger partial charge is 0.286 e. The van der Waals surface area contributed by atoms with Crippen LogP contribution in [0.15, 0.2) is 18.3 Å². The van der Waals surface area contributed by atoms with E-state index in [0.29, 0.717) is 31.4 Å². The van der Waals surface area contributed by atoms with Crippen molar-refractivity contribution in [2.75, 3.05) is 5.32 Å². The van der Waals surface area contributed by atoms with Gasteiger partial charge in [-0.05, 0) is 37.3 Å². The normalized spacial score (nSPS) is 18.7. The van der Waals surface area contributed by atoms with Crippen LogP contribution in [0.25, 0.3) is 0 Å². The fraction of sp³-hybridized carbons (Fsp3) is 0.429. The average Bonchev–Trinajstić information content (AvgIpc) is 3.28. The summed E-state index contributed by atoms with van der Waals surface area (Å²) in [4.78, 5) is 30.4. The van der Waals surface area contributed by atoms with E-state index < -0.39 is 17.5 Å². The summed E-state index contributed by atoms with van der Waals surface area (Å²) in [6, 6.07) is 2.05. The summed E-state index contributed by atoms with van der Waals surface area (Å²) in [6.07, 6.45) is 7.44. The molecular formula is C21H22F2N4O3. The Balaban J connectivity index is 0.000000147. The number of aryl methyl sites for hydroxylation is 1. The largest absolute Gasteiger partial charge is 0.364 e. The molecule has 3 N–H and O–H groups in total. The molecule has 1 saturated carbocycles. The molecule has 3 aliphatic rings. The minimum atomic E-state index is -0.699. The molecule has 0 atom stereocenters. The van der Waals surface area contributed by atoms with E-state index in [2.05, 4.69) is 15.3 Å². The molecule has 1 fully saturated rings. The van der Waals surface area contributed by atoms with Crippen molar-refractivity contribution in [2.24, 2.45) is 5.73 Å². The highest BCUT2D eigenvalue weighted by molar-refractivity contribution is 5.92. The van der Waals surface area contributed by atoms with Crippen molar-refractivity contribution in [1.82, 2.24) is 9.97 Å². The lowest BCUT2D eigenvalue weighted by Gasteiger charge is -2.22. The number of hydrogen-bond acceptors (Lipinski definition) is 5. The lowest BCUT2D eigenvalue weighted by atomic mass is 9.97. The third-order valence-corrected chi connectivity index (χ3v) is 5.68. The molecule has 2 aliphatic heterocycles. The van der Waals surface area contributed by atoms with Gasteiger partial charge in [0.15, 0.2) is 0 Å². The van der Waals surface area contributed by atoms with E-state index in [1.165, 1.54) is 6.07 Å². The maximum Gasteiger partial charge on any atom is 0.286 e. The van der Waals surface area contributed by atoms with Crippen LogP contribution >= 0.6 is 0 Å². The Morgan fingerprint density at radius 3 is 2.63 bits per heavy atom. The molecule has 0 unspecified atom stereocenters. The number of carbonyl (C=O) groups is 2. The quantitative estimate of drug-likeness (QED) is 0.743. The van der Waals surface area contributed by atoms with Crippen molar-refractivity contribution < 1.29 is 23.1 Å². The Bertz CT molecular complexity index is 1010. The first-order chi connectivity index (χ1) is 14.4. The van der Waals surface area contributed by atoms with E-state index in [9.17, 15) is 18.4 Å². The van der Waals surface area contributed by atoms with E-state index in [4.69, 9.17) is 10.5 Å². The van der Waals surface area contributed by atoms with Crippen molar-refractivity contribution in [3.63, 3.8) is 0 Å². The molecule has 5 rings (SSSR count). The van der Waals surface area contributed by atoms with E-state index in [-0.39, 0.29) is 23.0 Å². The number of carbonyl (C=O) groups excluding carboxylic acids is 2. The Labute approximate surface area is 172 Å². The Morgan fingerprint density at radius 1 is 1.13 bits per heavy atom. The second kappa shape index (κ2) is 8.06. The van der Waals surface area contributed by atoms with Gasteiger partial charge >= 0.3 is 0 Å². The Kier molecular flexibility index (Phi) is 5.46.